The summed E-state index contributed by atoms with van der Waals surface area (Å²) in [6.07, 6.45) is 0.388. The molecule has 88 valence electrons. The third-order valence-electron chi connectivity index (χ3n) is 2.14. The average Bonchev–Trinajstić information content (AvgIpc) is 2.97. The molecule has 3 nitrogen and oxygen atoms in total. The summed E-state index contributed by atoms with van der Waals surface area (Å²) in [5.41, 5.74) is 3.40. The zero-order valence-electron chi connectivity index (χ0n) is 9.34. The van der Waals surface area contributed by atoms with E-state index in [4.69, 9.17) is 0 Å². The predicted molar refractivity (Wildman–Crippen MR) is 72.7 cm³/mol. The molecule has 0 aliphatic rings. The summed E-state index contributed by atoms with van der Waals surface area (Å²) in [6, 6.07) is 7.83. The molecule has 0 saturated carbocycles. The van der Waals surface area contributed by atoms with Gasteiger partial charge in [0.15, 0.2) is 0 Å². The Morgan fingerprint density at radius 1 is 1.29 bits per heavy atom. The van der Waals surface area contributed by atoms with Gasteiger partial charge in [0, 0.05) is 9.75 Å². The van der Waals surface area contributed by atoms with Crippen LogP contribution in [0.4, 0.5) is 0 Å². The summed E-state index contributed by atoms with van der Waals surface area (Å²) in [5, 5.41) is 8.03. The summed E-state index contributed by atoms with van der Waals surface area (Å²) < 4.78 is 0. The Bertz CT molecular complexity index is 501. The number of carbonyl (C=O) groups excluding carboxylic acids is 1. The topological polar surface area (TPSA) is 41.5 Å². The summed E-state index contributed by atoms with van der Waals surface area (Å²) in [4.78, 5) is 13.7. The van der Waals surface area contributed by atoms with Crippen molar-refractivity contribution in [3.8, 4) is 0 Å². The maximum atomic E-state index is 11.6. The maximum Gasteiger partial charge on any atom is 0.245 e. The highest BCUT2D eigenvalue weighted by molar-refractivity contribution is 7.12. The summed E-state index contributed by atoms with van der Waals surface area (Å²) >= 11 is 3.18. The van der Waals surface area contributed by atoms with Crippen LogP contribution >= 0.6 is 22.7 Å². The van der Waals surface area contributed by atoms with E-state index in [0.717, 1.165) is 15.5 Å². The molecule has 0 saturated heterocycles. The van der Waals surface area contributed by atoms with Crippen LogP contribution in [-0.2, 0) is 11.2 Å². The molecular formula is C12H12N2OS2. The van der Waals surface area contributed by atoms with Gasteiger partial charge in [0.05, 0.1) is 12.1 Å². The number of nitrogens with one attached hydrogen (secondary N) is 1. The van der Waals surface area contributed by atoms with Crippen molar-refractivity contribution in [1.82, 2.24) is 5.43 Å². The molecule has 2 rings (SSSR count). The van der Waals surface area contributed by atoms with E-state index < -0.39 is 0 Å². The fourth-order valence-corrected chi connectivity index (χ4v) is 2.68. The normalized spacial score (nSPS) is 11.5. The van der Waals surface area contributed by atoms with Crippen LogP contribution in [0.1, 0.15) is 16.7 Å². The largest absolute Gasteiger partial charge is 0.273 e. The lowest BCUT2D eigenvalue weighted by molar-refractivity contribution is -0.120. The monoisotopic (exact) mass is 264 g/mol. The molecule has 0 spiro atoms. The van der Waals surface area contributed by atoms with E-state index in [1.165, 1.54) is 0 Å². The number of nitrogens with zero attached hydrogens (tertiary/aromatic N) is 1. The maximum absolute atomic E-state index is 11.6. The lowest BCUT2D eigenvalue weighted by Crippen LogP contribution is -2.20. The number of hydrogen-bond acceptors (Lipinski definition) is 4. The van der Waals surface area contributed by atoms with E-state index in [-0.39, 0.29) is 5.91 Å². The van der Waals surface area contributed by atoms with Gasteiger partial charge in [0.25, 0.3) is 0 Å². The van der Waals surface area contributed by atoms with E-state index in [9.17, 15) is 4.79 Å². The zero-order valence-corrected chi connectivity index (χ0v) is 11.0. The molecule has 5 heteroatoms. The second kappa shape index (κ2) is 5.75. The molecule has 0 aliphatic heterocycles. The van der Waals surface area contributed by atoms with Crippen molar-refractivity contribution in [2.75, 3.05) is 0 Å². The van der Waals surface area contributed by atoms with Crippen LogP contribution in [0.25, 0.3) is 0 Å². The smallest absolute Gasteiger partial charge is 0.245 e. The Kier molecular flexibility index (Phi) is 4.06. The van der Waals surface area contributed by atoms with Crippen molar-refractivity contribution >= 4 is 34.3 Å². The first-order chi connectivity index (χ1) is 8.25. The molecule has 0 radical (unpaired) electrons. The van der Waals surface area contributed by atoms with Crippen LogP contribution in [0.3, 0.4) is 0 Å². The quantitative estimate of drug-likeness (QED) is 0.669. The third-order valence-corrected chi connectivity index (χ3v) is 4.00. The van der Waals surface area contributed by atoms with Gasteiger partial charge in [-0.2, -0.15) is 5.10 Å². The second-order valence-electron chi connectivity index (χ2n) is 3.47. The van der Waals surface area contributed by atoms with Gasteiger partial charge in [0.2, 0.25) is 5.91 Å². The highest BCUT2D eigenvalue weighted by Gasteiger charge is 2.03. The van der Waals surface area contributed by atoms with Gasteiger partial charge in [-0.25, -0.2) is 5.43 Å². The fourth-order valence-electron chi connectivity index (χ4n) is 1.30. The standard InChI is InChI=1S/C12H12N2OS2/c1-9(11-5-3-7-17-11)13-14-12(15)8-10-4-2-6-16-10/h2-7H,8H2,1H3,(H,14,15)/b13-9+. The van der Waals surface area contributed by atoms with Gasteiger partial charge in [-0.15, -0.1) is 22.7 Å². The minimum absolute atomic E-state index is 0.0802. The van der Waals surface area contributed by atoms with E-state index in [1.807, 2.05) is 41.9 Å². The molecule has 1 amide bonds. The lowest BCUT2D eigenvalue weighted by atomic mass is 10.3. The van der Waals surface area contributed by atoms with Gasteiger partial charge < -0.3 is 0 Å². The molecule has 2 aromatic rings. The Labute approximate surface area is 108 Å². The minimum Gasteiger partial charge on any atom is -0.273 e. The minimum atomic E-state index is -0.0802. The molecule has 0 atom stereocenters. The second-order valence-corrected chi connectivity index (χ2v) is 5.45. The molecule has 0 aromatic carbocycles. The van der Waals surface area contributed by atoms with Crippen molar-refractivity contribution in [2.24, 2.45) is 5.10 Å². The first kappa shape index (κ1) is 12.0. The number of hydrogen-bond donors (Lipinski definition) is 1. The molecular weight excluding hydrogens is 252 g/mol. The Hall–Kier alpha value is -1.46. The summed E-state index contributed by atoms with van der Waals surface area (Å²) in [7, 11) is 0. The molecule has 17 heavy (non-hydrogen) atoms. The van der Waals surface area contributed by atoms with Crippen LogP contribution in [0.2, 0.25) is 0 Å². The van der Waals surface area contributed by atoms with Gasteiger partial charge in [0.1, 0.15) is 0 Å². The van der Waals surface area contributed by atoms with Crippen molar-refractivity contribution in [3.63, 3.8) is 0 Å². The van der Waals surface area contributed by atoms with E-state index in [2.05, 4.69) is 10.5 Å². The van der Waals surface area contributed by atoms with Gasteiger partial charge in [-0.3, -0.25) is 4.79 Å². The van der Waals surface area contributed by atoms with Crippen LogP contribution < -0.4 is 5.43 Å². The number of amides is 1. The molecule has 2 heterocycles. The van der Waals surface area contributed by atoms with Crippen LogP contribution in [0, 0.1) is 0 Å². The number of thiophene rings is 2. The van der Waals surface area contributed by atoms with Gasteiger partial charge in [-0.1, -0.05) is 12.1 Å². The number of hydrazone groups is 1. The molecule has 0 fully saturated rings. The summed E-state index contributed by atoms with van der Waals surface area (Å²) in [6.45, 7) is 1.89. The lowest BCUT2D eigenvalue weighted by Gasteiger charge is -1.99. The summed E-state index contributed by atoms with van der Waals surface area (Å²) in [5.74, 6) is -0.0802. The van der Waals surface area contributed by atoms with E-state index in [0.29, 0.717) is 6.42 Å². The molecule has 2 aromatic heterocycles. The first-order valence-electron chi connectivity index (χ1n) is 5.15. The molecule has 0 unspecified atom stereocenters. The van der Waals surface area contributed by atoms with Crippen molar-refractivity contribution < 1.29 is 4.79 Å². The average molecular weight is 264 g/mol. The van der Waals surface area contributed by atoms with Crippen LogP contribution in [-0.4, -0.2) is 11.6 Å². The van der Waals surface area contributed by atoms with Gasteiger partial charge >= 0.3 is 0 Å². The van der Waals surface area contributed by atoms with E-state index >= 15 is 0 Å². The first-order valence-corrected chi connectivity index (χ1v) is 6.91. The third kappa shape index (κ3) is 3.51. The SMILES string of the molecule is C/C(=N\NC(=O)Cc1cccs1)c1cccs1. The molecule has 0 aliphatic carbocycles. The van der Waals surface area contributed by atoms with Crippen molar-refractivity contribution in [3.05, 3.63) is 44.8 Å². The zero-order chi connectivity index (χ0) is 12.1. The highest BCUT2D eigenvalue weighted by Crippen LogP contribution is 2.10. The molecule has 1 N–H and O–H groups in total. The van der Waals surface area contributed by atoms with Crippen LogP contribution in [0.5, 0.6) is 0 Å². The predicted octanol–water partition coefficient (Wildman–Crippen LogP) is 2.89. The van der Waals surface area contributed by atoms with Crippen molar-refractivity contribution in [2.45, 2.75) is 13.3 Å². The number of rotatable bonds is 4. The van der Waals surface area contributed by atoms with Gasteiger partial charge in [-0.05, 0) is 29.8 Å². The molecule has 0 bridgehead atoms. The fraction of sp³-hybridized carbons (Fsp3) is 0.167. The Morgan fingerprint density at radius 3 is 2.71 bits per heavy atom. The Morgan fingerprint density at radius 2 is 2.06 bits per heavy atom. The van der Waals surface area contributed by atoms with E-state index in [1.54, 1.807) is 22.7 Å². The Balaban J connectivity index is 1.89. The highest BCUT2D eigenvalue weighted by atomic mass is 32.1. The van der Waals surface area contributed by atoms with Crippen LogP contribution in [0.15, 0.2) is 40.1 Å². The van der Waals surface area contributed by atoms with Crippen molar-refractivity contribution in [1.29, 1.82) is 0 Å². The number of carbonyl (C=O) groups is 1.